The molecule has 0 aromatic heterocycles. The van der Waals surface area contributed by atoms with Crippen LogP contribution in [0.2, 0.25) is 0 Å². The first-order chi connectivity index (χ1) is 13.3. The molecule has 0 aliphatic heterocycles. The molecule has 3 rings (SSSR count). The maximum Gasteiger partial charge on any atom is 0.416 e. The standard InChI is InChI=1S/C20H21F3N2O3/c21-20(22,23)15-3-7-18(8-4-15)28-10-9-24-19(27)25-16-5-1-13-2-6-17(26)12-14(13)11-16/h1,3-5,7-8,11,17,26H,2,6,9-10,12H2,(H2,24,25,27). The predicted octanol–water partition coefficient (Wildman–Crippen LogP) is 3.76. The Morgan fingerprint density at radius 2 is 1.89 bits per heavy atom. The third-order valence-electron chi connectivity index (χ3n) is 4.50. The molecule has 5 nitrogen and oxygen atoms in total. The second-order valence-corrected chi connectivity index (χ2v) is 6.63. The van der Waals surface area contributed by atoms with Crippen LogP contribution in [-0.4, -0.2) is 30.4 Å². The van der Waals surface area contributed by atoms with Crippen molar-refractivity contribution in [3.8, 4) is 5.75 Å². The molecule has 1 aliphatic rings. The summed E-state index contributed by atoms with van der Waals surface area (Å²) in [5, 5.41) is 15.1. The van der Waals surface area contributed by atoms with Crippen LogP contribution in [0.3, 0.4) is 0 Å². The number of aryl methyl sites for hydroxylation is 1. The minimum absolute atomic E-state index is 0.120. The van der Waals surface area contributed by atoms with Crippen molar-refractivity contribution < 1.29 is 27.8 Å². The number of aliphatic hydroxyl groups excluding tert-OH is 1. The number of hydrogen-bond acceptors (Lipinski definition) is 3. The molecular weight excluding hydrogens is 373 g/mol. The highest BCUT2D eigenvalue weighted by Crippen LogP contribution is 2.30. The lowest BCUT2D eigenvalue weighted by atomic mass is 9.89. The molecule has 150 valence electrons. The molecule has 0 radical (unpaired) electrons. The lowest BCUT2D eigenvalue weighted by molar-refractivity contribution is -0.137. The molecule has 0 fully saturated rings. The number of ether oxygens (including phenoxy) is 1. The van der Waals surface area contributed by atoms with Crippen molar-refractivity contribution in [2.75, 3.05) is 18.5 Å². The number of alkyl halides is 3. The van der Waals surface area contributed by atoms with Gasteiger partial charge in [-0.05, 0) is 66.8 Å². The Bertz CT molecular complexity index is 822. The fraction of sp³-hybridized carbons (Fsp3) is 0.350. The van der Waals surface area contributed by atoms with E-state index >= 15 is 0 Å². The first kappa shape index (κ1) is 20.0. The summed E-state index contributed by atoms with van der Waals surface area (Å²) in [7, 11) is 0. The number of hydrogen-bond donors (Lipinski definition) is 3. The highest BCUT2D eigenvalue weighted by Gasteiger charge is 2.30. The maximum atomic E-state index is 12.5. The van der Waals surface area contributed by atoms with E-state index in [0.29, 0.717) is 17.9 Å². The number of anilines is 1. The van der Waals surface area contributed by atoms with Crippen LogP contribution in [0.15, 0.2) is 42.5 Å². The number of carbonyl (C=O) groups is 1. The quantitative estimate of drug-likeness (QED) is 0.677. The Kier molecular flexibility index (Phi) is 6.08. The predicted molar refractivity (Wildman–Crippen MR) is 98.4 cm³/mol. The monoisotopic (exact) mass is 394 g/mol. The summed E-state index contributed by atoms with van der Waals surface area (Å²) in [6.45, 7) is 0.311. The largest absolute Gasteiger partial charge is 0.492 e. The van der Waals surface area contributed by atoms with Gasteiger partial charge in [-0.25, -0.2) is 4.79 Å². The highest BCUT2D eigenvalue weighted by molar-refractivity contribution is 5.89. The topological polar surface area (TPSA) is 70.6 Å². The zero-order valence-corrected chi connectivity index (χ0v) is 15.1. The van der Waals surface area contributed by atoms with Gasteiger partial charge in [-0.3, -0.25) is 0 Å². The van der Waals surface area contributed by atoms with E-state index in [1.54, 1.807) is 0 Å². The lowest BCUT2D eigenvalue weighted by Crippen LogP contribution is -2.32. The molecule has 0 bridgehead atoms. The van der Waals surface area contributed by atoms with Gasteiger partial charge < -0.3 is 20.5 Å². The normalized spacial score (nSPS) is 16.2. The fourth-order valence-corrected chi connectivity index (χ4v) is 3.06. The molecule has 1 atom stereocenters. The van der Waals surface area contributed by atoms with E-state index in [2.05, 4.69) is 10.6 Å². The second-order valence-electron chi connectivity index (χ2n) is 6.63. The van der Waals surface area contributed by atoms with Crippen molar-refractivity contribution in [3.05, 3.63) is 59.2 Å². The molecule has 0 spiro atoms. The first-order valence-electron chi connectivity index (χ1n) is 8.96. The van der Waals surface area contributed by atoms with Crippen molar-refractivity contribution in [1.82, 2.24) is 5.32 Å². The van der Waals surface area contributed by atoms with E-state index in [9.17, 15) is 23.1 Å². The summed E-state index contributed by atoms with van der Waals surface area (Å²) in [5.74, 6) is 0.295. The highest BCUT2D eigenvalue weighted by atomic mass is 19.4. The van der Waals surface area contributed by atoms with Crippen LogP contribution >= 0.6 is 0 Å². The average molecular weight is 394 g/mol. The van der Waals surface area contributed by atoms with E-state index in [-0.39, 0.29) is 19.3 Å². The molecule has 2 aromatic rings. The molecule has 8 heteroatoms. The van der Waals surface area contributed by atoms with Crippen LogP contribution < -0.4 is 15.4 Å². The van der Waals surface area contributed by atoms with Crippen LogP contribution in [0.4, 0.5) is 23.7 Å². The summed E-state index contributed by atoms with van der Waals surface area (Å²) in [5.41, 5.74) is 2.10. The van der Waals surface area contributed by atoms with Crippen molar-refractivity contribution in [2.24, 2.45) is 0 Å². The van der Waals surface area contributed by atoms with Crippen molar-refractivity contribution in [2.45, 2.75) is 31.5 Å². The van der Waals surface area contributed by atoms with Gasteiger partial charge in [0.05, 0.1) is 18.2 Å². The van der Waals surface area contributed by atoms with Gasteiger partial charge in [-0.15, -0.1) is 0 Å². The number of benzene rings is 2. The fourth-order valence-electron chi connectivity index (χ4n) is 3.06. The maximum absolute atomic E-state index is 12.5. The summed E-state index contributed by atoms with van der Waals surface area (Å²) in [4.78, 5) is 12.0. The van der Waals surface area contributed by atoms with E-state index in [0.717, 1.165) is 30.5 Å². The van der Waals surface area contributed by atoms with Gasteiger partial charge in [0, 0.05) is 5.69 Å². The van der Waals surface area contributed by atoms with Crippen LogP contribution in [0.5, 0.6) is 5.75 Å². The molecule has 0 heterocycles. The van der Waals surface area contributed by atoms with Gasteiger partial charge in [0.1, 0.15) is 12.4 Å². The molecule has 2 amide bonds. The minimum atomic E-state index is -4.38. The molecule has 0 saturated heterocycles. The molecule has 0 saturated carbocycles. The van der Waals surface area contributed by atoms with E-state index in [1.807, 2.05) is 18.2 Å². The van der Waals surface area contributed by atoms with Gasteiger partial charge in [0.25, 0.3) is 0 Å². The summed E-state index contributed by atoms with van der Waals surface area (Å²) >= 11 is 0. The van der Waals surface area contributed by atoms with Crippen LogP contribution in [-0.2, 0) is 19.0 Å². The molecule has 1 unspecified atom stereocenters. The Balaban J connectivity index is 1.42. The molecule has 3 N–H and O–H groups in total. The smallest absolute Gasteiger partial charge is 0.416 e. The van der Waals surface area contributed by atoms with Gasteiger partial charge >= 0.3 is 12.2 Å². The first-order valence-corrected chi connectivity index (χ1v) is 8.96. The number of fused-ring (bicyclic) bond motifs is 1. The molecule has 1 aliphatic carbocycles. The minimum Gasteiger partial charge on any atom is -0.492 e. The van der Waals surface area contributed by atoms with Crippen molar-refractivity contribution in [1.29, 1.82) is 0 Å². The van der Waals surface area contributed by atoms with Crippen molar-refractivity contribution >= 4 is 11.7 Å². The SMILES string of the molecule is O=C(NCCOc1ccc(C(F)(F)F)cc1)Nc1ccc2c(c1)CC(O)CC2. The zero-order chi connectivity index (χ0) is 20.1. The third kappa shape index (κ3) is 5.39. The Hall–Kier alpha value is -2.74. The van der Waals surface area contributed by atoms with Crippen LogP contribution in [0.1, 0.15) is 23.1 Å². The molecular formula is C20H21F3N2O3. The average Bonchev–Trinajstić information content (AvgIpc) is 2.64. The number of amides is 2. The van der Waals surface area contributed by atoms with Gasteiger partial charge in [-0.2, -0.15) is 13.2 Å². The van der Waals surface area contributed by atoms with Gasteiger partial charge in [0.2, 0.25) is 0 Å². The van der Waals surface area contributed by atoms with E-state index in [1.165, 1.54) is 17.7 Å². The van der Waals surface area contributed by atoms with Gasteiger partial charge in [0.15, 0.2) is 0 Å². The number of rotatable bonds is 5. The van der Waals surface area contributed by atoms with Crippen molar-refractivity contribution in [3.63, 3.8) is 0 Å². The lowest BCUT2D eigenvalue weighted by Gasteiger charge is -2.21. The Morgan fingerprint density at radius 3 is 2.61 bits per heavy atom. The molecule has 28 heavy (non-hydrogen) atoms. The zero-order valence-electron chi connectivity index (χ0n) is 15.1. The number of halogens is 3. The second kappa shape index (κ2) is 8.52. The molecule has 2 aromatic carbocycles. The summed E-state index contributed by atoms with van der Waals surface area (Å²) < 4.78 is 42.8. The summed E-state index contributed by atoms with van der Waals surface area (Å²) in [6.07, 6.45) is -2.58. The summed E-state index contributed by atoms with van der Waals surface area (Å²) in [6, 6.07) is 9.59. The number of nitrogens with one attached hydrogen (secondary N) is 2. The van der Waals surface area contributed by atoms with Gasteiger partial charge in [-0.1, -0.05) is 6.07 Å². The number of aliphatic hydroxyl groups is 1. The van der Waals surface area contributed by atoms with Crippen LogP contribution in [0, 0.1) is 0 Å². The number of carbonyl (C=O) groups excluding carboxylic acids is 1. The van der Waals surface area contributed by atoms with Crippen LogP contribution in [0.25, 0.3) is 0 Å². The van der Waals surface area contributed by atoms with E-state index < -0.39 is 17.8 Å². The number of urea groups is 1. The van der Waals surface area contributed by atoms with E-state index in [4.69, 9.17) is 4.74 Å². The Morgan fingerprint density at radius 1 is 1.14 bits per heavy atom. The Labute approximate surface area is 160 Å². The third-order valence-corrected chi connectivity index (χ3v) is 4.50.